The first-order valence-electron chi connectivity index (χ1n) is 34.3. The number of oxazole rings is 1. The summed E-state index contributed by atoms with van der Waals surface area (Å²) in [6, 6.07) is 9.40. The monoisotopic (exact) mass is 1500 g/mol. The van der Waals surface area contributed by atoms with Crippen molar-refractivity contribution in [2.75, 3.05) is 0 Å². The third-order valence-electron chi connectivity index (χ3n) is 4.02. The van der Waals surface area contributed by atoms with Gasteiger partial charge in [-0.05, 0) is 112 Å². The van der Waals surface area contributed by atoms with Crippen LogP contribution < -0.4 is 0 Å². The van der Waals surface area contributed by atoms with Crippen LogP contribution in [0.5, 0.6) is 0 Å². The van der Waals surface area contributed by atoms with Crippen LogP contribution in [-0.2, 0) is 0 Å². The Hall–Kier alpha value is -7.68. The molecule has 102 heavy (non-hydrogen) atoms. The molecule has 0 amide bonds. The fourth-order valence-corrected chi connectivity index (χ4v) is 3.30. The highest BCUT2D eigenvalue weighted by Crippen LogP contribution is 1.88. The maximum absolute atomic E-state index is 4.47. The van der Waals surface area contributed by atoms with Crippen LogP contribution in [0.25, 0.3) is 0 Å². The average Bonchev–Trinajstić information content (AvgIpc) is 4.61. The van der Waals surface area contributed by atoms with Gasteiger partial charge >= 0.3 is 0 Å². The lowest BCUT2D eigenvalue weighted by Gasteiger charge is -1.79. The Labute approximate surface area is 637 Å². The first-order valence-corrected chi connectivity index (χ1v) is 37.9. The second-order valence-electron chi connectivity index (χ2n) is 26.9. The summed E-state index contributed by atoms with van der Waals surface area (Å²) < 4.78 is 20.5. The molecule has 0 aliphatic carbocycles. The Kier molecular flexibility index (Phi) is 133. The lowest BCUT2D eigenvalue weighted by molar-refractivity contribution is 0.416. The zero-order valence-corrected chi connectivity index (χ0v) is 72.5. The maximum Gasteiger partial charge on any atom is 0.213 e. The Balaban J connectivity index is -0.0000000947. The molecule has 11 aromatic heterocycles. The van der Waals surface area contributed by atoms with Crippen molar-refractivity contribution in [2.24, 2.45) is 65.1 Å². The molecule has 22 nitrogen and oxygen atoms in total. The van der Waals surface area contributed by atoms with Crippen LogP contribution in [0.1, 0.15) is 228 Å². The number of H-pyrrole nitrogens is 1. The van der Waals surface area contributed by atoms with Crippen LogP contribution in [-0.4, -0.2) is 94.1 Å². The number of aromatic nitrogens is 19. The maximum atomic E-state index is 4.47. The molecule has 0 atom stereocenters. The van der Waals surface area contributed by atoms with E-state index < -0.39 is 0 Å². The first kappa shape index (κ1) is 118. The molecule has 26 heteroatoms. The van der Waals surface area contributed by atoms with E-state index in [1.807, 2.05) is 35.0 Å². The summed E-state index contributed by atoms with van der Waals surface area (Å²) >= 11 is 5.91. The predicted octanol–water partition coefficient (Wildman–Crippen LogP) is 24.3. The molecule has 0 aliphatic rings. The Morgan fingerprint density at radius 3 is 0.804 bits per heavy atom. The normalized spacial score (nSPS) is 8.43. The lowest BCUT2D eigenvalue weighted by atomic mass is 10.3. The highest BCUT2D eigenvalue weighted by molar-refractivity contribution is 7.07. The number of imidazole rings is 1. The molecule has 0 bridgehead atoms. The molecular formula is C76H143N19O3S4. The van der Waals surface area contributed by atoms with Gasteiger partial charge in [0.1, 0.15) is 54.4 Å². The van der Waals surface area contributed by atoms with Crippen LogP contribution in [0.4, 0.5) is 0 Å². The summed E-state index contributed by atoms with van der Waals surface area (Å²) in [5.74, 6) is 9.17. The van der Waals surface area contributed by atoms with Crippen molar-refractivity contribution in [3.63, 3.8) is 0 Å². The summed E-state index contributed by atoms with van der Waals surface area (Å²) in [5, 5.41) is 20.7. The first-order chi connectivity index (χ1) is 48.1. The number of hydrogen-bond donors (Lipinski definition) is 1. The minimum atomic E-state index is 0.833. The molecular weight excluding hydrogens is 1360 g/mol. The van der Waals surface area contributed by atoms with Gasteiger partial charge in [0.25, 0.3) is 0 Å². The van der Waals surface area contributed by atoms with E-state index in [0.29, 0.717) is 0 Å². The van der Waals surface area contributed by atoms with Gasteiger partial charge < -0.3 is 18.3 Å². The van der Waals surface area contributed by atoms with Crippen LogP contribution in [0.3, 0.4) is 0 Å². The van der Waals surface area contributed by atoms with Gasteiger partial charge in [0, 0.05) is 60.3 Å². The molecule has 0 aliphatic heterocycles. The summed E-state index contributed by atoms with van der Waals surface area (Å²) in [7, 11) is 0. The second kappa shape index (κ2) is 115. The van der Waals surface area contributed by atoms with E-state index in [4.69, 9.17) is 0 Å². The fourth-order valence-electron chi connectivity index (χ4n) is 2.06. The molecule has 11 heterocycles. The van der Waals surface area contributed by atoms with Gasteiger partial charge in [-0.25, -0.2) is 49.2 Å². The molecule has 0 aromatic carbocycles. The molecule has 584 valence electrons. The molecule has 0 unspecified atom stereocenters. The Bertz CT molecular complexity index is 1860. The second-order valence-corrected chi connectivity index (χ2v) is 29.7. The van der Waals surface area contributed by atoms with Crippen molar-refractivity contribution < 1.29 is 13.4 Å². The van der Waals surface area contributed by atoms with Crippen molar-refractivity contribution in [3.8, 4) is 0 Å². The third kappa shape index (κ3) is 304. The number of aromatic amines is 1. The summed E-state index contributed by atoms with van der Waals surface area (Å²) in [4.78, 5) is 42.6. The predicted molar refractivity (Wildman–Crippen MR) is 439 cm³/mol. The van der Waals surface area contributed by atoms with Gasteiger partial charge in [-0.1, -0.05) is 240 Å². The smallest absolute Gasteiger partial charge is 0.213 e. The van der Waals surface area contributed by atoms with E-state index in [1.54, 1.807) is 102 Å². The van der Waals surface area contributed by atoms with Crippen molar-refractivity contribution in [1.82, 2.24) is 94.1 Å². The van der Waals surface area contributed by atoms with Gasteiger partial charge in [-0.15, -0.1) is 43.1 Å². The van der Waals surface area contributed by atoms with Gasteiger partial charge in [0.2, 0.25) is 19.2 Å². The highest BCUT2D eigenvalue weighted by Gasteiger charge is 1.74. The number of nitrogens with one attached hydrogen (secondary N) is 1. The van der Waals surface area contributed by atoms with Crippen molar-refractivity contribution in [1.29, 1.82) is 0 Å². The van der Waals surface area contributed by atoms with Crippen LogP contribution in [0, 0.1) is 65.1 Å². The van der Waals surface area contributed by atoms with Crippen LogP contribution >= 0.6 is 45.7 Å². The molecule has 11 rings (SSSR count). The number of rotatable bonds is 0. The quantitative estimate of drug-likeness (QED) is 0.148. The molecule has 0 saturated carbocycles. The number of thiazole rings is 1. The number of pyridine rings is 1. The number of nitrogens with zero attached hydrogens (tertiary/aromatic N) is 18. The molecule has 0 fully saturated rings. The largest absolute Gasteiger partial charge is 0.452 e. The van der Waals surface area contributed by atoms with E-state index in [1.165, 1.54) is 104 Å². The fraction of sp³-hybridized carbons (Fsp3) is 0.579. The zero-order valence-electron chi connectivity index (χ0n) is 69.2. The van der Waals surface area contributed by atoms with Gasteiger partial charge in [-0.2, -0.15) is 4.37 Å². The minimum Gasteiger partial charge on any atom is -0.452 e. The van der Waals surface area contributed by atoms with Crippen molar-refractivity contribution in [3.05, 3.63) is 195 Å². The average molecular weight is 1500 g/mol. The van der Waals surface area contributed by atoms with Gasteiger partial charge in [0.05, 0.1) is 18.0 Å². The molecule has 0 spiro atoms. The Morgan fingerprint density at radius 2 is 0.696 bits per heavy atom. The van der Waals surface area contributed by atoms with E-state index in [2.05, 4.69) is 336 Å². The van der Waals surface area contributed by atoms with Crippen LogP contribution in [0.2, 0.25) is 0 Å². The van der Waals surface area contributed by atoms with E-state index in [0.717, 1.165) is 65.1 Å². The number of hydrogen-bond acceptors (Lipinski definition) is 25. The Morgan fingerprint density at radius 1 is 0.265 bits per heavy atom. The minimum absolute atomic E-state index is 0.833. The SMILES string of the molecule is CC(C)C.CC(C)C.CC(C)C.CC(C)C.CC(C)C.CC(C)C.CC(C)C.CC(C)C.CC(C)C.CC(C)C.CC(C)C.c1c[nH]cn1.c1ccncc1.c1cncnc1.c1cnsc1.c1cocn1.c1cscn1.c1ncncn1.c1ncon1.c1ncsn1.c1nnco1.c1nncs1. The topological polar surface area (TPSA) is 287 Å². The van der Waals surface area contributed by atoms with Crippen molar-refractivity contribution >= 4 is 45.7 Å². The van der Waals surface area contributed by atoms with E-state index in [9.17, 15) is 0 Å². The lowest BCUT2D eigenvalue weighted by Crippen LogP contribution is -1.73. The third-order valence-corrected chi connectivity index (χ3v) is 5.93. The molecule has 11 aromatic rings. The summed E-state index contributed by atoms with van der Waals surface area (Å²) in [6.45, 7) is 71.5. The van der Waals surface area contributed by atoms with E-state index >= 15 is 0 Å². The van der Waals surface area contributed by atoms with E-state index in [-0.39, 0.29) is 0 Å². The van der Waals surface area contributed by atoms with Crippen LogP contribution in [0.15, 0.2) is 208 Å². The zero-order chi connectivity index (χ0) is 80.4. The highest BCUT2D eigenvalue weighted by atomic mass is 32.1. The summed E-state index contributed by atoms with van der Waals surface area (Å²) in [6.07, 6.45) is 32.4. The van der Waals surface area contributed by atoms with Gasteiger partial charge in [0.15, 0.2) is 12.7 Å². The summed E-state index contributed by atoms with van der Waals surface area (Å²) in [5.41, 5.74) is 6.83. The molecule has 1 N–H and O–H groups in total. The molecule has 0 radical (unpaired) electrons. The molecule has 0 saturated heterocycles. The van der Waals surface area contributed by atoms with Crippen molar-refractivity contribution in [2.45, 2.75) is 228 Å². The standard InChI is InChI=1S/C5H5N.C4H4N2.11C4H10.C3H3N3.C3H4N2.C3H3NO.2C3H3NS.2C2H2N2O.2C2H2N2S/c1-2-4-6-5-3-1;1-2-5-4-6-3-1;11*1-4(2)3;1-4-2-6-3-5-1;3*1-2-5-3-4-1;1-2-4-5-3-1;1-3-4-2-5-1;1-3-2-5-4-1;1-3-4-2-5-1;1-3-2-5-4-1/h1-5H;1-4H;11*4H,1-3H3;1-3H;1-3H,(H,4,5);3*1-3H;4*1-2H. The van der Waals surface area contributed by atoms with Gasteiger partial charge in [-0.3, -0.25) is 9.97 Å².